The number of esters is 1. The van der Waals surface area contributed by atoms with Gasteiger partial charge < -0.3 is 4.74 Å². The number of aryl methyl sites for hydroxylation is 1. The van der Waals surface area contributed by atoms with Crippen molar-refractivity contribution < 1.29 is 14.3 Å². The maximum atomic E-state index is 11.7. The Morgan fingerprint density at radius 2 is 1.57 bits per heavy atom. The molecule has 0 aromatic heterocycles. The molecule has 0 heterocycles. The predicted octanol–water partition coefficient (Wildman–Crippen LogP) is 4.34. The van der Waals surface area contributed by atoms with Crippen molar-refractivity contribution in [2.24, 2.45) is 0 Å². The zero-order valence-electron chi connectivity index (χ0n) is 13.2. The van der Waals surface area contributed by atoms with Gasteiger partial charge in [0.15, 0.2) is 12.4 Å². The minimum Gasteiger partial charge on any atom is -0.457 e. The van der Waals surface area contributed by atoms with Gasteiger partial charge in [-0.1, -0.05) is 63.3 Å². The average molecular weight is 290 g/mol. The normalized spacial score (nSPS) is 10.4. The van der Waals surface area contributed by atoms with Crippen LogP contribution < -0.4 is 0 Å². The van der Waals surface area contributed by atoms with E-state index in [2.05, 4.69) is 6.92 Å². The van der Waals surface area contributed by atoms with Crippen molar-refractivity contribution in [2.75, 3.05) is 6.61 Å². The van der Waals surface area contributed by atoms with E-state index < -0.39 is 5.97 Å². The van der Waals surface area contributed by atoms with Crippen molar-refractivity contribution in [3.05, 3.63) is 35.4 Å². The summed E-state index contributed by atoms with van der Waals surface area (Å²) in [5.74, 6) is -0.584. The number of hydrogen-bond acceptors (Lipinski definition) is 3. The summed E-state index contributed by atoms with van der Waals surface area (Å²) >= 11 is 0. The van der Waals surface area contributed by atoms with Gasteiger partial charge in [-0.25, -0.2) is 0 Å². The lowest BCUT2D eigenvalue weighted by Crippen LogP contribution is -2.11. The highest BCUT2D eigenvalue weighted by Crippen LogP contribution is 2.11. The summed E-state index contributed by atoms with van der Waals surface area (Å²) in [6.07, 6.45) is 8.79. The Hall–Kier alpha value is -1.64. The van der Waals surface area contributed by atoms with Gasteiger partial charge in [0.25, 0.3) is 0 Å². The molecule has 1 rings (SSSR count). The molecule has 0 radical (unpaired) electrons. The van der Waals surface area contributed by atoms with Crippen LogP contribution in [-0.4, -0.2) is 18.4 Å². The first-order chi connectivity index (χ1) is 10.1. The Kier molecular flexibility index (Phi) is 8.41. The molecule has 0 unspecified atom stereocenters. The fourth-order valence-electron chi connectivity index (χ4n) is 2.22. The lowest BCUT2D eigenvalue weighted by Gasteiger charge is -2.05. The van der Waals surface area contributed by atoms with Crippen LogP contribution in [0.2, 0.25) is 0 Å². The largest absolute Gasteiger partial charge is 0.457 e. The first-order valence-corrected chi connectivity index (χ1v) is 7.89. The third-order valence-electron chi connectivity index (χ3n) is 3.50. The van der Waals surface area contributed by atoms with Crippen molar-refractivity contribution in [1.82, 2.24) is 0 Å². The number of Topliss-reactive ketones (excluding diaryl/α,β-unsaturated/α-hetero) is 1. The van der Waals surface area contributed by atoms with Crippen molar-refractivity contribution >= 4 is 11.8 Å². The van der Waals surface area contributed by atoms with Crippen LogP contribution in [0, 0.1) is 0 Å². The molecule has 0 spiro atoms. The first-order valence-electron chi connectivity index (χ1n) is 7.89. The predicted molar refractivity (Wildman–Crippen MR) is 84.5 cm³/mol. The zero-order chi connectivity index (χ0) is 15.5. The molecule has 1 aromatic rings. The van der Waals surface area contributed by atoms with E-state index in [0.29, 0.717) is 5.56 Å². The molecule has 0 N–H and O–H groups in total. The molecule has 116 valence electrons. The number of hydrogen-bond donors (Lipinski definition) is 0. The van der Waals surface area contributed by atoms with Crippen LogP contribution in [0.1, 0.15) is 68.3 Å². The summed E-state index contributed by atoms with van der Waals surface area (Å²) in [6, 6.07) is 7.62. The van der Waals surface area contributed by atoms with Crippen molar-refractivity contribution in [3.63, 3.8) is 0 Å². The van der Waals surface area contributed by atoms with Gasteiger partial charge >= 0.3 is 5.97 Å². The number of carbonyl (C=O) groups excluding carboxylic acids is 2. The fourth-order valence-corrected chi connectivity index (χ4v) is 2.22. The zero-order valence-corrected chi connectivity index (χ0v) is 13.2. The van der Waals surface area contributed by atoms with Gasteiger partial charge in [0.2, 0.25) is 0 Å². The molecule has 1 aromatic carbocycles. The second-order valence-electron chi connectivity index (χ2n) is 5.42. The van der Waals surface area contributed by atoms with Gasteiger partial charge in [0, 0.05) is 12.5 Å². The fraction of sp³-hybridized carbons (Fsp3) is 0.556. The van der Waals surface area contributed by atoms with Crippen molar-refractivity contribution in [2.45, 2.75) is 58.8 Å². The van der Waals surface area contributed by atoms with Crippen LogP contribution in [-0.2, 0) is 16.0 Å². The van der Waals surface area contributed by atoms with Gasteiger partial charge in [-0.3, -0.25) is 9.59 Å². The lowest BCUT2D eigenvalue weighted by molar-refractivity contribution is -0.139. The third-order valence-corrected chi connectivity index (χ3v) is 3.50. The second kappa shape index (κ2) is 10.1. The van der Waals surface area contributed by atoms with E-state index in [0.717, 1.165) is 6.42 Å². The van der Waals surface area contributed by atoms with E-state index in [9.17, 15) is 9.59 Å². The minimum atomic E-state index is -0.428. The first kappa shape index (κ1) is 17.4. The van der Waals surface area contributed by atoms with Crippen molar-refractivity contribution in [1.29, 1.82) is 0 Å². The number of unbranched alkanes of at least 4 members (excludes halogenated alkanes) is 5. The molecule has 0 saturated heterocycles. The molecule has 3 heteroatoms. The summed E-state index contributed by atoms with van der Waals surface area (Å²) in [7, 11) is 0. The van der Waals surface area contributed by atoms with Gasteiger partial charge in [-0.2, -0.15) is 0 Å². The van der Waals surface area contributed by atoms with Crippen LogP contribution in [0.3, 0.4) is 0 Å². The number of ether oxygens (including phenoxy) is 1. The van der Waals surface area contributed by atoms with Gasteiger partial charge in [0.05, 0.1) is 0 Å². The average Bonchev–Trinajstić information content (AvgIpc) is 2.49. The Balaban J connectivity index is 2.29. The van der Waals surface area contributed by atoms with Crippen LogP contribution in [0.5, 0.6) is 0 Å². The number of carbonyl (C=O) groups is 2. The van der Waals surface area contributed by atoms with E-state index in [4.69, 9.17) is 4.74 Å². The standard InChI is InChI=1S/C18H26O3/c1-3-4-5-6-7-8-9-16-10-12-17(13-11-16)18(20)14-21-15(2)19/h10-13H,3-9,14H2,1-2H3. The Morgan fingerprint density at radius 1 is 0.952 bits per heavy atom. The Morgan fingerprint density at radius 3 is 2.19 bits per heavy atom. The monoisotopic (exact) mass is 290 g/mol. The molecular weight excluding hydrogens is 264 g/mol. The molecule has 0 aliphatic carbocycles. The topological polar surface area (TPSA) is 43.4 Å². The molecule has 0 aliphatic heterocycles. The van der Waals surface area contributed by atoms with Crippen LogP contribution in [0.15, 0.2) is 24.3 Å². The maximum absolute atomic E-state index is 11.7. The highest BCUT2D eigenvalue weighted by molar-refractivity contribution is 5.97. The molecular formula is C18H26O3. The number of benzene rings is 1. The number of rotatable bonds is 10. The third kappa shape index (κ3) is 7.64. The van der Waals surface area contributed by atoms with E-state index in [1.165, 1.54) is 51.0 Å². The van der Waals surface area contributed by atoms with Crippen LogP contribution in [0.25, 0.3) is 0 Å². The van der Waals surface area contributed by atoms with E-state index in [1.54, 1.807) is 0 Å². The minimum absolute atomic E-state index is 0.156. The lowest BCUT2D eigenvalue weighted by atomic mass is 10.0. The molecule has 0 bridgehead atoms. The summed E-state index contributed by atoms with van der Waals surface area (Å²) in [5.41, 5.74) is 1.86. The van der Waals surface area contributed by atoms with Gasteiger partial charge in [-0.15, -0.1) is 0 Å². The Labute approximate surface area is 127 Å². The molecule has 3 nitrogen and oxygen atoms in total. The van der Waals surface area contributed by atoms with E-state index >= 15 is 0 Å². The summed E-state index contributed by atoms with van der Waals surface area (Å²) in [5, 5.41) is 0. The highest BCUT2D eigenvalue weighted by atomic mass is 16.5. The maximum Gasteiger partial charge on any atom is 0.303 e. The molecule has 0 aliphatic rings. The Bertz CT molecular complexity index is 434. The number of ketones is 1. The van der Waals surface area contributed by atoms with E-state index in [-0.39, 0.29) is 12.4 Å². The SMILES string of the molecule is CCCCCCCCc1ccc(C(=O)COC(C)=O)cc1. The summed E-state index contributed by atoms with van der Waals surface area (Å²) in [4.78, 5) is 22.4. The smallest absolute Gasteiger partial charge is 0.303 e. The molecule has 0 fully saturated rings. The second-order valence-corrected chi connectivity index (χ2v) is 5.42. The summed E-state index contributed by atoms with van der Waals surface area (Å²) in [6.45, 7) is 3.35. The van der Waals surface area contributed by atoms with Crippen LogP contribution >= 0.6 is 0 Å². The highest BCUT2D eigenvalue weighted by Gasteiger charge is 2.07. The van der Waals surface area contributed by atoms with Gasteiger partial charge in [0.1, 0.15) is 0 Å². The molecule has 21 heavy (non-hydrogen) atoms. The summed E-state index contributed by atoms with van der Waals surface area (Å²) < 4.78 is 4.71. The van der Waals surface area contributed by atoms with Crippen LogP contribution in [0.4, 0.5) is 0 Å². The van der Waals surface area contributed by atoms with E-state index in [1.807, 2.05) is 24.3 Å². The quantitative estimate of drug-likeness (QED) is 0.366. The van der Waals surface area contributed by atoms with Crippen molar-refractivity contribution in [3.8, 4) is 0 Å². The molecule has 0 amide bonds. The molecule has 0 saturated carbocycles. The molecule has 0 atom stereocenters. The van der Waals surface area contributed by atoms with Gasteiger partial charge in [-0.05, 0) is 18.4 Å².